The van der Waals surface area contributed by atoms with E-state index in [2.05, 4.69) is 10.3 Å². The number of likely N-dealkylation sites (N-methyl/N-ethyl adjacent to an activating group) is 1. The maximum absolute atomic E-state index is 12.7. The number of nitrogens with zero attached hydrogens (tertiary/aromatic N) is 2. The zero-order valence-electron chi connectivity index (χ0n) is 16.2. The van der Waals surface area contributed by atoms with Gasteiger partial charge in [0.2, 0.25) is 5.91 Å². The SMILES string of the molecule is CN(CC(=O)NC(c1ccccc1)c1nccs1)Cc1ccc2c(c1)OCCO2. The summed E-state index contributed by atoms with van der Waals surface area (Å²) in [5.41, 5.74) is 2.09. The molecule has 2 heterocycles. The summed E-state index contributed by atoms with van der Waals surface area (Å²) in [6.45, 7) is 2.06. The van der Waals surface area contributed by atoms with Gasteiger partial charge in [-0.2, -0.15) is 0 Å². The molecule has 0 radical (unpaired) electrons. The fraction of sp³-hybridized carbons (Fsp3) is 0.273. The Bertz CT molecular complexity index is 947. The van der Waals surface area contributed by atoms with Crippen LogP contribution in [0.1, 0.15) is 22.2 Å². The van der Waals surface area contributed by atoms with Gasteiger partial charge in [-0.3, -0.25) is 9.69 Å². The molecule has 1 N–H and O–H groups in total. The van der Waals surface area contributed by atoms with E-state index >= 15 is 0 Å². The highest BCUT2D eigenvalue weighted by Crippen LogP contribution is 2.31. The third-order valence-electron chi connectivity index (χ3n) is 4.61. The molecule has 1 aromatic heterocycles. The van der Waals surface area contributed by atoms with Crippen molar-refractivity contribution in [1.29, 1.82) is 0 Å². The molecule has 4 rings (SSSR count). The summed E-state index contributed by atoms with van der Waals surface area (Å²) in [7, 11) is 1.93. The van der Waals surface area contributed by atoms with Crippen LogP contribution in [0.25, 0.3) is 0 Å². The Kier molecular flexibility index (Phi) is 6.07. The number of benzene rings is 2. The summed E-state index contributed by atoms with van der Waals surface area (Å²) < 4.78 is 11.2. The number of carbonyl (C=O) groups excluding carboxylic acids is 1. The lowest BCUT2D eigenvalue weighted by atomic mass is 10.1. The summed E-state index contributed by atoms with van der Waals surface area (Å²) in [6, 6.07) is 15.6. The molecule has 29 heavy (non-hydrogen) atoms. The Labute approximate surface area is 174 Å². The van der Waals surface area contributed by atoms with E-state index in [0.717, 1.165) is 27.6 Å². The summed E-state index contributed by atoms with van der Waals surface area (Å²) in [5.74, 6) is 1.49. The molecule has 2 aromatic carbocycles. The van der Waals surface area contributed by atoms with E-state index in [9.17, 15) is 4.79 Å². The monoisotopic (exact) mass is 409 g/mol. The standard InChI is InChI=1S/C22H23N3O3S/c1-25(14-16-7-8-18-19(13-16)28-11-10-27-18)15-20(26)24-21(22-23-9-12-29-22)17-5-3-2-4-6-17/h2-9,12-13,21H,10-11,14-15H2,1H3,(H,24,26). The lowest BCUT2D eigenvalue weighted by Crippen LogP contribution is -2.37. The number of carbonyl (C=O) groups is 1. The van der Waals surface area contributed by atoms with Crippen molar-refractivity contribution in [3.63, 3.8) is 0 Å². The first-order valence-corrected chi connectivity index (χ1v) is 10.4. The number of hydrogen-bond acceptors (Lipinski definition) is 6. The first-order chi connectivity index (χ1) is 14.2. The van der Waals surface area contributed by atoms with E-state index in [1.54, 1.807) is 6.20 Å². The van der Waals surface area contributed by atoms with Crippen LogP contribution in [0.3, 0.4) is 0 Å². The van der Waals surface area contributed by atoms with Gasteiger partial charge in [0.05, 0.1) is 6.54 Å². The second-order valence-electron chi connectivity index (χ2n) is 6.93. The highest BCUT2D eigenvalue weighted by atomic mass is 32.1. The van der Waals surface area contributed by atoms with Gasteiger partial charge in [-0.1, -0.05) is 36.4 Å². The van der Waals surface area contributed by atoms with Crippen LogP contribution in [0, 0.1) is 0 Å². The Balaban J connectivity index is 1.39. The summed E-state index contributed by atoms with van der Waals surface area (Å²) in [4.78, 5) is 19.1. The molecule has 1 unspecified atom stereocenters. The zero-order chi connectivity index (χ0) is 20.1. The lowest BCUT2D eigenvalue weighted by molar-refractivity contribution is -0.122. The van der Waals surface area contributed by atoms with Crippen LogP contribution >= 0.6 is 11.3 Å². The van der Waals surface area contributed by atoms with Crippen molar-refractivity contribution in [3.05, 3.63) is 76.2 Å². The first kappa shape index (κ1) is 19.4. The van der Waals surface area contributed by atoms with Gasteiger partial charge in [0, 0.05) is 18.1 Å². The highest BCUT2D eigenvalue weighted by molar-refractivity contribution is 7.09. The molecule has 0 spiro atoms. The Morgan fingerprint density at radius 3 is 2.72 bits per heavy atom. The number of nitrogens with one attached hydrogen (secondary N) is 1. The van der Waals surface area contributed by atoms with Gasteiger partial charge < -0.3 is 14.8 Å². The second kappa shape index (κ2) is 9.07. The molecule has 1 atom stereocenters. The van der Waals surface area contributed by atoms with Gasteiger partial charge in [0.15, 0.2) is 11.5 Å². The minimum absolute atomic E-state index is 0.0471. The van der Waals surface area contributed by atoms with Crippen LogP contribution in [0.5, 0.6) is 11.5 Å². The summed E-state index contributed by atoms with van der Waals surface area (Å²) in [6.07, 6.45) is 1.76. The Morgan fingerprint density at radius 1 is 1.17 bits per heavy atom. The number of aromatic nitrogens is 1. The lowest BCUT2D eigenvalue weighted by Gasteiger charge is -2.22. The molecule has 3 aromatic rings. The number of hydrogen-bond donors (Lipinski definition) is 1. The van der Waals surface area contributed by atoms with Crippen LogP contribution in [-0.4, -0.2) is 42.6 Å². The molecule has 0 aliphatic carbocycles. The first-order valence-electron chi connectivity index (χ1n) is 9.50. The van der Waals surface area contributed by atoms with E-state index in [1.807, 2.05) is 65.9 Å². The third kappa shape index (κ3) is 4.93. The molecular formula is C22H23N3O3S. The van der Waals surface area contributed by atoms with E-state index in [1.165, 1.54) is 11.3 Å². The van der Waals surface area contributed by atoms with Crippen molar-refractivity contribution < 1.29 is 14.3 Å². The number of fused-ring (bicyclic) bond motifs is 1. The van der Waals surface area contributed by atoms with Crippen molar-refractivity contribution in [1.82, 2.24) is 15.2 Å². The van der Waals surface area contributed by atoms with Crippen LogP contribution in [0.4, 0.5) is 0 Å². The fourth-order valence-corrected chi connectivity index (χ4v) is 4.03. The van der Waals surface area contributed by atoms with Crippen LogP contribution in [0.2, 0.25) is 0 Å². The predicted octanol–water partition coefficient (Wildman–Crippen LogP) is 3.25. The average molecular weight is 410 g/mol. The average Bonchev–Trinajstić information content (AvgIpc) is 3.27. The van der Waals surface area contributed by atoms with Gasteiger partial charge in [0.25, 0.3) is 0 Å². The highest BCUT2D eigenvalue weighted by Gasteiger charge is 2.20. The molecular weight excluding hydrogens is 386 g/mol. The normalized spacial score (nSPS) is 13.9. The maximum atomic E-state index is 12.7. The molecule has 1 aliphatic heterocycles. The smallest absolute Gasteiger partial charge is 0.235 e. The van der Waals surface area contributed by atoms with Crippen LogP contribution in [0.15, 0.2) is 60.1 Å². The molecule has 150 valence electrons. The molecule has 6 nitrogen and oxygen atoms in total. The zero-order valence-corrected chi connectivity index (χ0v) is 17.0. The molecule has 1 aliphatic rings. The van der Waals surface area contributed by atoms with Crippen molar-refractivity contribution in [3.8, 4) is 11.5 Å². The van der Waals surface area contributed by atoms with Crippen molar-refractivity contribution in [2.45, 2.75) is 12.6 Å². The van der Waals surface area contributed by atoms with E-state index in [0.29, 0.717) is 19.8 Å². The second-order valence-corrected chi connectivity index (χ2v) is 7.86. The van der Waals surface area contributed by atoms with E-state index < -0.39 is 0 Å². The fourth-order valence-electron chi connectivity index (χ4n) is 3.32. The van der Waals surface area contributed by atoms with Gasteiger partial charge in [0.1, 0.15) is 24.3 Å². The van der Waals surface area contributed by atoms with Crippen LogP contribution < -0.4 is 14.8 Å². The summed E-state index contributed by atoms with van der Waals surface area (Å²) in [5, 5.41) is 5.92. The van der Waals surface area contributed by atoms with Gasteiger partial charge in [-0.15, -0.1) is 11.3 Å². The molecule has 1 amide bonds. The largest absolute Gasteiger partial charge is 0.486 e. The number of thiazole rings is 1. The van der Waals surface area contributed by atoms with E-state index in [4.69, 9.17) is 9.47 Å². The van der Waals surface area contributed by atoms with Gasteiger partial charge in [-0.05, 0) is 30.3 Å². The molecule has 0 bridgehead atoms. The van der Waals surface area contributed by atoms with Crippen LogP contribution in [-0.2, 0) is 11.3 Å². The third-order valence-corrected chi connectivity index (χ3v) is 5.45. The molecule has 7 heteroatoms. The van der Waals surface area contributed by atoms with Crippen molar-refractivity contribution in [2.24, 2.45) is 0 Å². The van der Waals surface area contributed by atoms with Crippen molar-refractivity contribution >= 4 is 17.2 Å². The quantitative estimate of drug-likeness (QED) is 0.649. The number of ether oxygens (including phenoxy) is 2. The molecule has 0 saturated heterocycles. The van der Waals surface area contributed by atoms with E-state index in [-0.39, 0.29) is 18.5 Å². The van der Waals surface area contributed by atoms with Gasteiger partial charge in [-0.25, -0.2) is 4.98 Å². The Morgan fingerprint density at radius 2 is 1.97 bits per heavy atom. The topological polar surface area (TPSA) is 63.7 Å². The Hall–Kier alpha value is -2.90. The predicted molar refractivity (Wildman–Crippen MR) is 112 cm³/mol. The number of amides is 1. The molecule has 0 fully saturated rings. The summed E-state index contributed by atoms with van der Waals surface area (Å²) >= 11 is 1.54. The minimum Gasteiger partial charge on any atom is -0.486 e. The number of rotatable bonds is 7. The van der Waals surface area contributed by atoms with Gasteiger partial charge >= 0.3 is 0 Å². The minimum atomic E-state index is -0.244. The van der Waals surface area contributed by atoms with Crippen molar-refractivity contribution in [2.75, 3.05) is 26.8 Å². The maximum Gasteiger partial charge on any atom is 0.235 e. The molecule has 0 saturated carbocycles.